The third-order valence-electron chi connectivity index (χ3n) is 16.1. The Labute approximate surface area is 509 Å². The summed E-state index contributed by atoms with van der Waals surface area (Å²) in [5.41, 5.74) is 0. The molecule has 0 spiro atoms. The summed E-state index contributed by atoms with van der Waals surface area (Å²) in [4.78, 5) is 26.7. The zero-order valence-corrected chi connectivity index (χ0v) is 53.6. The molecule has 482 valence electrons. The van der Waals surface area contributed by atoms with Crippen LogP contribution in [0.5, 0.6) is 0 Å². The summed E-state index contributed by atoms with van der Waals surface area (Å²) >= 11 is 0. The minimum Gasteiger partial charge on any atom is -0.454 e. The number of hydrogen-bond donors (Lipinski definition) is 6. The highest BCUT2D eigenvalue weighted by Gasteiger charge is 2.47. The van der Waals surface area contributed by atoms with E-state index in [2.05, 4.69) is 86.8 Å². The van der Waals surface area contributed by atoms with Gasteiger partial charge in [-0.25, -0.2) is 0 Å². The van der Waals surface area contributed by atoms with Gasteiger partial charge < -0.3 is 45.1 Å². The number of nitrogens with one attached hydrogen (secondary N) is 1. The zero-order chi connectivity index (χ0) is 60.3. The number of allylic oxidation sites excluding steroid dienone is 11. The quantitative estimate of drug-likeness (QED) is 0.0195. The summed E-state index contributed by atoms with van der Waals surface area (Å²) in [6.07, 6.45) is 66.5. The van der Waals surface area contributed by atoms with E-state index in [0.29, 0.717) is 12.8 Å². The number of unbranched alkanes of at least 4 members (excludes halogenated alkanes) is 35. The number of carbonyl (C=O) groups excluding carboxylic acids is 2. The highest BCUT2D eigenvalue weighted by atomic mass is 16.7. The number of carbonyl (C=O) groups is 2. The lowest BCUT2D eigenvalue weighted by atomic mass is 9.99. The average Bonchev–Trinajstić information content (AvgIpc) is 3.58. The van der Waals surface area contributed by atoms with Crippen LogP contribution in [0.1, 0.15) is 310 Å². The molecular weight excluding hydrogens is 1040 g/mol. The maximum atomic E-state index is 13.5. The molecule has 0 saturated carbocycles. The van der Waals surface area contributed by atoms with Crippen LogP contribution in [-0.4, -0.2) is 99.6 Å². The Hall–Kier alpha value is -2.90. The van der Waals surface area contributed by atoms with Gasteiger partial charge >= 0.3 is 5.97 Å². The second kappa shape index (κ2) is 59.4. The summed E-state index contributed by atoms with van der Waals surface area (Å²) < 4.78 is 17.7. The Morgan fingerprint density at radius 2 is 0.831 bits per heavy atom. The van der Waals surface area contributed by atoms with Crippen LogP contribution in [0.4, 0.5) is 0 Å². The molecular formula is C72H129NO10. The molecule has 6 N–H and O–H groups in total. The van der Waals surface area contributed by atoms with E-state index < -0.39 is 67.4 Å². The Bertz CT molecular complexity index is 1630. The first kappa shape index (κ1) is 78.1. The van der Waals surface area contributed by atoms with Gasteiger partial charge in [-0.2, -0.15) is 0 Å². The fraction of sp³-hybridized carbons (Fsp3) is 0.806. The lowest BCUT2D eigenvalue weighted by Crippen LogP contribution is -2.61. The van der Waals surface area contributed by atoms with Crippen LogP contribution in [0.25, 0.3) is 0 Å². The molecule has 1 amide bonds. The van der Waals surface area contributed by atoms with E-state index in [4.69, 9.17) is 14.2 Å². The minimum atomic E-state index is -1.62. The first-order valence-electron chi connectivity index (χ1n) is 34.7. The van der Waals surface area contributed by atoms with E-state index in [9.17, 15) is 35.1 Å². The van der Waals surface area contributed by atoms with Crippen molar-refractivity contribution < 1.29 is 49.3 Å². The van der Waals surface area contributed by atoms with E-state index in [1.54, 1.807) is 6.08 Å². The summed E-state index contributed by atoms with van der Waals surface area (Å²) in [7, 11) is 0. The molecule has 1 heterocycles. The Morgan fingerprint density at radius 1 is 0.470 bits per heavy atom. The van der Waals surface area contributed by atoms with Crippen molar-refractivity contribution in [3.05, 3.63) is 72.9 Å². The third kappa shape index (κ3) is 46.9. The van der Waals surface area contributed by atoms with Crippen molar-refractivity contribution in [1.82, 2.24) is 5.32 Å². The number of hydrogen-bond acceptors (Lipinski definition) is 10. The summed E-state index contributed by atoms with van der Waals surface area (Å²) in [6.45, 7) is 5.76. The van der Waals surface area contributed by atoms with Crippen LogP contribution in [0.15, 0.2) is 72.9 Å². The highest BCUT2D eigenvalue weighted by Crippen LogP contribution is 2.26. The van der Waals surface area contributed by atoms with Crippen molar-refractivity contribution in [2.45, 2.75) is 359 Å². The Balaban J connectivity index is 2.59. The molecule has 83 heavy (non-hydrogen) atoms. The van der Waals surface area contributed by atoms with Gasteiger partial charge in [0.2, 0.25) is 5.91 Å². The molecule has 8 atom stereocenters. The van der Waals surface area contributed by atoms with Crippen LogP contribution >= 0.6 is 0 Å². The molecule has 1 rings (SSSR count). The standard InChI is InChI=1S/C72H129NO10/c1-4-7-10-13-16-19-22-25-27-29-30-31-32-33-34-35-36-37-39-42-45-48-51-54-57-60-67(77)83-70-69(79)68(78)66(61-74)82-72(70)81-62-63(64(75)58-55-52-49-46-43-40-24-21-18-15-12-9-6-3)73-71(80)65(76)59-56-53-50-47-44-41-38-28-26-23-20-17-14-11-8-5-2/h16-17,19-20,25-28,30-31,55,58,63-66,68-70,72,74-76,78-79H,4-15,18,21-24,29,32-54,56-57,59-62H2,1-3H3,(H,73,80)/b19-16-,20-17-,27-25-,28-26-,31-30-,58-55+. The molecule has 0 aromatic heterocycles. The molecule has 0 bridgehead atoms. The van der Waals surface area contributed by atoms with E-state index in [1.165, 1.54) is 167 Å². The number of aliphatic hydroxyl groups excluding tert-OH is 5. The highest BCUT2D eigenvalue weighted by molar-refractivity contribution is 5.80. The van der Waals surface area contributed by atoms with Gasteiger partial charge in [-0.15, -0.1) is 0 Å². The van der Waals surface area contributed by atoms with E-state index in [1.807, 2.05) is 6.08 Å². The summed E-state index contributed by atoms with van der Waals surface area (Å²) in [6, 6.07) is -1.03. The smallest absolute Gasteiger partial charge is 0.306 e. The van der Waals surface area contributed by atoms with Gasteiger partial charge in [0.15, 0.2) is 12.4 Å². The molecule has 11 nitrogen and oxygen atoms in total. The number of rotatable bonds is 59. The molecule has 1 saturated heterocycles. The molecule has 11 heteroatoms. The van der Waals surface area contributed by atoms with Gasteiger partial charge in [-0.3, -0.25) is 9.59 Å². The lowest BCUT2D eigenvalue weighted by Gasteiger charge is -2.41. The molecule has 0 aromatic carbocycles. The van der Waals surface area contributed by atoms with Crippen molar-refractivity contribution in [3.8, 4) is 0 Å². The van der Waals surface area contributed by atoms with Gasteiger partial charge in [-0.05, 0) is 96.3 Å². The third-order valence-corrected chi connectivity index (χ3v) is 16.1. The van der Waals surface area contributed by atoms with Crippen molar-refractivity contribution in [2.24, 2.45) is 0 Å². The maximum Gasteiger partial charge on any atom is 0.306 e. The Kier molecular flexibility index (Phi) is 55.9. The fourth-order valence-electron chi connectivity index (χ4n) is 10.6. The van der Waals surface area contributed by atoms with E-state index in [-0.39, 0.29) is 19.4 Å². The minimum absolute atomic E-state index is 0.119. The normalized spacial score (nSPS) is 19.0. The zero-order valence-electron chi connectivity index (χ0n) is 53.6. The topological polar surface area (TPSA) is 175 Å². The number of ether oxygens (including phenoxy) is 3. The molecule has 0 radical (unpaired) electrons. The van der Waals surface area contributed by atoms with Crippen molar-refractivity contribution in [3.63, 3.8) is 0 Å². The van der Waals surface area contributed by atoms with Crippen LogP contribution in [0.3, 0.4) is 0 Å². The van der Waals surface area contributed by atoms with Gasteiger partial charge in [0.25, 0.3) is 0 Å². The van der Waals surface area contributed by atoms with Gasteiger partial charge in [0, 0.05) is 6.42 Å². The van der Waals surface area contributed by atoms with Gasteiger partial charge in [-0.1, -0.05) is 280 Å². The van der Waals surface area contributed by atoms with Crippen molar-refractivity contribution in [2.75, 3.05) is 13.2 Å². The lowest BCUT2D eigenvalue weighted by molar-refractivity contribution is -0.305. The molecule has 1 fully saturated rings. The van der Waals surface area contributed by atoms with Crippen molar-refractivity contribution in [1.29, 1.82) is 0 Å². The maximum absolute atomic E-state index is 13.5. The first-order valence-corrected chi connectivity index (χ1v) is 34.7. The predicted molar refractivity (Wildman–Crippen MR) is 347 cm³/mol. The van der Waals surface area contributed by atoms with Crippen molar-refractivity contribution >= 4 is 11.9 Å². The predicted octanol–water partition coefficient (Wildman–Crippen LogP) is 17.5. The van der Waals surface area contributed by atoms with E-state index >= 15 is 0 Å². The molecule has 1 aliphatic heterocycles. The number of amides is 1. The van der Waals surface area contributed by atoms with Crippen LogP contribution in [-0.2, 0) is 23.8 Å². The average molecular weight is 1170 g/mol. The summed E-state index contributed by atoms with van der Waals surface area (Å²) in [5.74, 6) is -1.20. The molecule has 1 aliphatic rings. The largest absolute Gasteiger partial charge is 0.454 e. The Morgan fingerprint density at radius 3 is 1.27 bits per heavy atom. The molecule has 0 aromatic rings. The second-order valence-corrected chi connectivity index (χ2v) is 23.9. The van der Waals surface area contributed by atoms with Gasteiger partial charge in [0.1, 0.15) is 24.4 Å². The number of esters is 1. The monoisotopic (exact) mass is 1170 g/mol. The molecule has 8 unspecified atom stereocenters. The SMILES string of the molecule is CCCCC/C=C\C/C=C\C/C=C\CCCCCCCCCCCCCCC(=O)OC1C(OCC(NC(=O)C(O)CCCCCCCC/C=C\C/C=C\CCCCC)C(O)/C=C/CCCCCCCCCCCCC)OC(CO)C(O)C1O. The van der Waals surface area contributed by atoms with Gasteiger partial charge in [0.05, 0.1) is 25.4 Å². The van der Waals surface area contributed by atoms with Crippen LogP contribution in [0.2, 0.25) is 0 Å². The van der Waals surface area contributed by atoms with E-state index in [0.717, 1.165) is 96.3 Å². The van der Waals surface area contributed by atoms with Crippen LogP contribution < -0.4 is 5.32 Å². The first-order chi connectivity index (χ1) is 40.7. The number of aliphatic hydroxyl groups is 5. The van der Waals surface area contributed by atoms with Crippen LogP contribution in [0, 0.1) is 0 Å². The summed E-state index contributed by atoms with van der Waals surface area (Å²) in [5, 5.41) is 57.2. The molecule has 0 aliphatic carbocycles. The second-order valence-electron chi connectivity index (χ2n) is 23.9. The fourth-order valence-corrected chi connectivity index (χ4v) is 10.6.